The average Bonchev–Trinajstić information content (AvgIpc) is 3.34. The summed E-state index contributed by atoms with van der Waals surface area (Å²) in [6.45, 7) is 0.977. The fourth-order valence-electron chi connectivity index (χ4n) is 2.79. The molecule has 3 heterocycles. The van der Waals surface area contributed by atoms with Crippen molar-refractivity contribution in [2.24, 2.45) is 0 Å². The van der Waals surface area contributed by atoms with Gasteiger partial charge in [0.25, 0.3) is 0 Å². The van der Waals surface area contributed by atoms with Gasteiger partial charge in [-0.3, -0.25) is 0 Å². The number of nitrogens with one attached hydrogen (secondary N) is 1. The molecule has 25 heavy (non-hydrogen) atoms. The number of rotatable bonds is 6. The summed E-state index contributed by atoms with van der Waals surface area (Å²) in [6, 6.07) is 11.0. The zero-order valence-corrected chi connectivity index (χ0v) is 15.0. The molecular weight excluding hydrogens is 358 g/mol. The first-order valence-electron chi connectivity index (χ1n) is 7.98. The number of ether oxygens (including phenoxy) is 1. The molecule has 130 valence electrons. The van der Waals surface area contributed by atoms with Crippen LogP contribution in [0.4, 0.5) is 0 Å². The third kappa shape index (κ3) is 3.49. The molecule has 0 amide bonds. The Morgan fingerprint density at radius 2 is 2.08 bits per heavy atom. The van der Waals surface area contributed by atoms with E-state index in [1.165, 1.54) is 0 Å². The maximum Gasteiger partial charge on any atom is 0.240 e. The van der Waals surface area contributed by atoms with Gasteiger partial charge >= 0.3 is 0 Å². The van der Waals surface area contributed by atoms with Crippen molar-refractivity contribution in [1.82, 2.24) is 4.72 Å². The van der Waals surface area contributed by atoms with Crippen molar-refractivity contribution < 1.29 is 17.6 Å². The first-order chi connectivity index (χ1) is 12.1. The van der Waals surface area contributed by atoms with Gasteiger partial charge in [0.1, 0.15) is 5.75 Å². The number of furan rings is 1. The van der Waals surface area contributed by atoms with E-state index in [0.29, 0.717) is 24.5 Å². The quantitative estimate of drug-likeness (QED) is 0.716. The van der Waals surface area contributed by atoms with Crippen LogP contribution in [0.5, 0.6) is 5.75 Å². The molecule has 0 atom stereocenters. The Morgan fingerprint density at radius 3 is 2.92 bits per heavy atom. The lowest BCUT2D eigenvalue weighted by molar-refractivity contribution is 0.356. The summed E-state index contributed by atoms with van der Waals surface area (Å²) in [7, 11) is -3.50. The number of thiophene rings is 1. The van der Waals surface area contributed by atoms with Crippen LogP contribution in [0.2, 0.25) is 0 Å². The maximum atomic E-state index is 12.5. The van der Waals surface area contributed by atoms with Gasteiger partial charge in [-0.15, -0.1) is 11.3 Å². The van der Waals surface area contributed by atoms with Crippen molar-refractivity contribution in [2.45, 2.75) is 17.7 Å². The molecule has 2 aromatic heterocycles. The Morgan fingerprint density at radius 1 is 1.16 bits per heavy atom. The highest BCUT2D eigenvalue weighted by Gasteiger charge is 2.19. The van der Waals surface area contributed by atoms with Gasteiger partial charge in [-0.25, -0.2) is 13.1 Å². The summed E-state index contributed by atoms with van der Waals surface area (Å²) < 4.78 is 38.1. The Balaban J connectivity index is 1.39. The van der Waals surface area contributed by atoms with Crippen molar-refractivity contribution in [1.29, 1.82) is 0 Å². The predicted octanol–water partition coefficient (Wildman–Crippen LogP) is 3.46. The molecule has 0 saturated heterocycles. The number of benzene rings is 1. The molecule has 7 heteroatoms. The van der Waals surface area contributed by atoms with E-state index in [1.54, 1.807) is 42.1 Å². The van der Waals surface area contributed by atoms with Crippen LogP contribution < -0.4 is 9.46 Å². The SMILES string of the molecule is O=S(=O)(NCCc1ccc(-c2ccoc2)s1)c1ccc2c(c1)CCO2. The molecular formula is C18H17NO4S2. The number of fused-ring (bicyclic) bond motifs is 1. The lowest BCUT2D eigenvalue weighted by Gasteiger charge is -2.07. The van der Waals surface area contributed by atoms with Crippen LogP contribution in [-0.2, 0) is 22.9 Å². The molecule has 1 aliphatic heterocycles. The molecule has 0 aliphatic carbocycles. The largest absolute Gasteiger partial charge is 0.493 e. The summed E-state index contributed by atoms with van der Waals surface area (Å²) in [4.78, 5) is 2.54. The van der Waals surface area contributed by atoms with E-state index in [4.69, 9.17) is 9.15 Å². The molecule has 0 radical (unpaired) electrons. The molecule has 0 saturated carbocycles. The van der Waals surface area contributed by atoms with Gasteiger partial charge in [-0.1, -0.05) is 0 Å². The van der Waals surface area contributed by atoms with E-state index < -0.39 is 10.0 Å². The van der Waals surface area contributed by atoms with Crippen LogP contribution in [0.3, 0.4) is 0 Å². The second-order valence-electron chi connectivity index (χ2n) is 5.79. The van der Waals surface area contributed by atoms with Crippen LogP contribution in [0, 0.1) is 0 Å². The summed E-state index contributed by atoms with van der Waals surface area (Å²) >= 11 is 1.64. The third-order valence-electron chi connectivity index (χ3n) is 4.10. The lowest BCUT2D eigenvalue weighted by atomic mass is 10.2. The van der Waals surface area contributed by atoms with Crippen molar-refractivity contribution in [3.8, 4) is 16.2 Å². The highest BCUT2D eigenvalue weighted by Crippen LogP contribution is 2.29. The van der Waals surface area contributed by atoms with E-state index >= 15 is 0 Å². The maximum absolute atomic E-state index is 12.5. The van der Waals surface area contributed by atoms with E-state index in [9.17, 15) is 8.42 Å². The second kappa shape index (κ2) is 6.67. The first-order valence-corrected chi connectivity index (χ1v) is 10.3. The minimum atomic E-state index is -3.50. The minimum absolute atomic E-state index is 0.294. The molecule has 0 unspecified atom stereocenters. The topological polar surface area (TPSA) is 68.5 Å². The number of sulfonamides is 1. The van der Waals surface area contributed by atoms with Gasteiger partial charge in [-0.05, 0) is 48.4 Å². The van der Waals surface area contributed by atoms with Crippen LogP contribution in [-0.4, -0.2) is 21.6 Å². The molecule has 1 aliphatic rings. The molecule has 1 aromatic carbocycles. The van der Waals surface area contributed by atoms with Gasteiger partial charge in [0.05, 0.1) is 24.0 Å². The first kappa shape index (κ1) is 16.4. The van der Waals surface area contributed by atoms with Crippen LogP contribution in [0.25, 0.3) is 10.4 Å². The van der Waals surface area contributed by atoms with Crippen molar-refractivity contribution >= 4 is 21.4 Å². The number of hydrogen-bond acceptors (Lipinski definition) is 5. The summed E-state index contributed by atoms with van der Waals surface area (Å²) in [6.07, 6.45) is 4.75. The normalized spacial score (nSPS) is 13.6. The Labute approximate surface area is 150 Å². The number of hydrogen-bond donors (Lipinski definition) is 1. The molecule has 0 bridgehead atoms. The van der Waals surface area contributed by atoms with Crippen LogP contribution in [0.1, 0.15) is 10.4 Å². The highest BCUT2D eigenvalue weighted by atomic mass is 32.2. The summed E-state index contributed by atoms with van der Waals surface area (Å²) in [5.74, 6) is 0.782. The second-order valence-corrected chi connectivity index (χ2v) is 8.73. The Bertz CT molecular complexity index is 974. The molecule has 5 nitrogen and oxygen atoms in total. The molecule has 1 N–H and O–H groups in total. The van der Waals surface area contributed by atoms with Crippen LogP contribution >= 0.6 is 11.3 Å². The highest BCUT2D eigenvalue weighted by molar-refractivity contribution is 7.89. The van der Waals surface area contributed by atoms with Gasteiger partial charge in [0.15, 0.2) is 0 Å². The summed E-state index contributed by atoms with van der Waals surface area (Å²) in [5.41, 5.74) is 1.99. The zero-order valence-electron chi connectivity index (χ0n) is 13.4. The van der Waals surface area contributed by atoms with Gasteiger partial charge in [-0.2, -0.15) is 0 Å². The molecule has 0 fully saturated rings. The van der Waals surface area contributed by atoms with Crippen molar-refractivity contribution in [3.63, 3.8) is 0 Å². The molecule has 3 aromatic rings. The smallest absolute Gasteiger partial charge is 0.240 e. The predicted molar refractivity (Wildman–Crippen MR) is 96.6 cm³/mol. The van der Waals surface area contributed by atoms with E-state index in [1.807, 2.05) is 18.2 Å². The van der Waals surface area contributed by atoms with E-state index in [-0.39, 0.29) is 0 Å². The Hall–Kier alpha value is -2.09. The summed E-state index contributed by atoms with van der Waals surface area (Å²) in [5, 5.41) is 0. The fourth-order valence-corrected chi connectivity index (χ4v) is 4.87. The van der Waals surface area contributed by atoms with E-state index in [0.717, 1.165) is 33.1 Å². The van der Waals surface area contributed by atoms with Crippen molar-refractivity contribution in [3.05, 3.63) is 59.4 Å². The van der Waals surface area contributed by atoms with Gasteiger partial charge in [0, 0.05) is 28.3 Å². The molecule has 0 spiro atoms. The lowest BCUT2D eigenvalue weighted by Crippen LogP contribution is -2.25. The standard InChI is InChI=1S/C18H17NO4S2/c20-25(21,16-2-3-17-13(11-16)7-10-23-17)19-8-5-15-1-4-18(24-15)14-6-9-22-12-14/h1-4,6,9,11-12,19H,5,7-8,10H2. The average molecular weight is 375 g/mol. The van der Waals surface area contributed by atoms with Crippen LogP contribution in [0.15, 0.2) is 58.2 Å². The molecule has 4 rings (SSSR count). The zero-order chi connectivity index (χ0) is 17.3. The third-order valence-corrected chi connectivity index (χ3v) is 6.75. The fraction of sp³-hybridized carbons (Fsp3) is 0.222. The Kier molecular flexibility index (Phi) is 4.37. The van der Waals surface area contributed by atoms with Gasteiger partial charge < -0.3 is 9.15 Å². The van der Waals surface area contributed by atoms with E-state index in [2.05, 4.69) is 4.72 Å². The van der Waals surface area contributed by atoms with Gasteiger partial charge in [0.2, 0.25) is 10.0 Å². The minimum Gasteiger partial charge on any atom is -0.493 e. The van der Waals surface area contributed by atoms with Crippen molar-refractivity contribution in [2.75, 3.05) is 13.2 Å². The monoisotopic (exact) mass is 375 g/mol.